The summed E-state index contributed by atoms with van der Waals surface area (Å²) < 4.78 is 0. The minimum atomic E-state index is -0.114. The van der Waals surface area contributed by atoms with Gasteiger partial charge in [-0.25, -0.2) is 0 Å². The number of benzene rings is 1. The summed E-state index contributed by atoms with van der Waals surface area (Å²) in [6, 6.07) is 9.90. The molecular weight excluding hydrogens is 238 g/mol. The van der Waals surface area contributed by atoms with E-state index in [1.807, 2.05) is 36.1 Å². The van der Waals surface area contributed by atoms with Crippen molar-refractivity contribution >= 4 is 11.6 Å². The van der Waals surface area contributed by atoms with Crippen LogP contribution in [0.4, 0.5) is 5.69 Å². The molecule has 1 aromatic carbocycles. The predicted molar refractivity (Wildman–Crippen MR) is 74.6 cm³/mol. The maximum absolute atomic E-state index is 12.0. The van der Waals surface area contributed by atoms with Gasteiger partial charge in [0.15, 0.2) is 0 Å². The van der Waals surface area contributed by atoms with E-state index < -0.39 is 0 Å². The molecule has 0 saturated carbocycles. The van der Waals surface area contributed by atoms with Crippen molar-refractivity contribution < 1.29 is 4.79 Å². The zero-order valence-corrected chi connectivity index (χ0v) is 11.2. The van der Waals surface area contributed by atoms with Crippen LogP contribution in [0.1, 0.15) is 24.8 Å². The maximum Gasteiger partial charge on any atom is 0.238 e. The first-order chi connectivity index (χ1) is 9.19. The highest BCUT2D eigenvalue weighted by Crippen LogP contribution is 2.16. The van der Waals surface area contributed by atoms with E-state index in [1.165, 1.54) is 0 Å². The Morgan fingerprint density at radius 1 is 1.53 bits per heavy atom. The van der Waals surface area contributed by atoms with Gasteiger partial charge >= 0.3 is 0 Å². The van der Waals surface area contributed by atoms with E-state index in [-0.39, 0.29) is 11.9 Å². The van der Waals surface area contributed by atoms with Gasteiger partial charge in [0.25, 0.3) is 0 Å². The highest BCUT2D eigenvalue weighted by Gasteiger charge is 2.23. The average molecular weight is 257 g/mol. The summed E-state index contributed by atoms with van der Waals surface area (Å²) in [6.45, 7) is 3.12. The third-order valence-corrected chi connectivity index (χ3v) is 3.41. The van der Waals surface area contributed by atoms with Gasteiger partial charge in [-0.05, 0) is 50.4 Å². The second kappa shape index (κ2) is 6.35. The molecule has 1 N–H and O–H groups in total. The van der Waals surface area contributed by atoms with Crippen molar-refractivity contribution in [3.63, 3.8) is 0 Å². The molecule has 1 aliphatic rings. The number of nitrogens with one attached hydrogen (secondary N) is 1. The Balaban J connectivity index is 1.92. The lowest BCUT2D eigenvalue weighted by Gasteiger charge is -2.30. The maximum atomic E-state index is 12.0. The van der Waals surface area contributed by atoms with E-state index in [2.05, 4.69) is 11.4 Å². The first-order valence-corrected chi connectivity index (χ1v) is 6.69. The van der Waals surface area contributed by atoms with Gasteiger partial charge in [-0.3, -0.25) is 9.69 Å². The van der Waals surface area contributed by atoms with Gasteiger partial charge in [0.1, 0.15) is 0 Å². The fourth-order valence-electron chi connectivity index (χ4n) is 2.43. The van der Waals surface area contributed by atoms with Crippen molar-refractivity contribution in [2.24, 2.45) is 0 Å². The number of rotatable bonds is 3. The molecule has 1 aromatic rings. The number of hydrogen-bond donors (Lipinski definition) is 1. The van der Waals surface area contributed by atoms with Gasteiger partial charge in [0.05, 0.1) is 18.7 Å². The van der Waals surface area contributed by atoms with Gasteiger partial charge in [0.2, 0.25) is 5.91 Å². The van der Waals surface area contributed by atoms with Crippen molar-refractivity contribution in [1.82, 2.24) is 4.90 Å². The fraction of sp³-hybridized carbons (Fsp3) is 0.467. The number of carbonyl (C=O) groups is 1. The van der Waals surface area contributed by atoms with Crippen LogP contribution in [0.25, 0.3) is 0 Å². The van der Waals surface area contributed by atoms with E-state index in [1.54, 1.807) is 0 Å². The molecule has 0 bridgehead atoms. The van der Waals surface area contributed by atoms with Crippen molar-refractivity contribution in [3.8, 4) is 6.07 Å². The van der Waals surface area contributed by atoms with Crippen LogP contribution in [0.5, 0.6) is 0 Å². The quantitative estimate of drug-likeness (QED) is 0.904. The van der Waals surface area contributed by atoms with Crippen molar-refractivity contribution in [3.05, 3.63) is 29.8 Å². The molecule has 0 aliphatic carbocycles. The van der Waals surface area contributed by atoms with Gasteiger partial charge in [-0.15, -0.1) is 0 Å². The molecule has 1 unspecified atom stereocenters. The van der Waals surface area contributed by atoms with Crippen LogP contribution in [0.3, 0.4) is 0 Å². The van der Waals surface area contributed by atoms with Crippen LogP contribution in [-0.4, -0.2) is 29.9 Å². The molecule has 1 heterocycles. The smallest absolute Gasteiger partial charge is 0.238 e. The summed E-state index contributed by atoms with van der Waals surface area (Å²) in [4.78, 5) is 14.0. The third-order valence-electron chi connectivity index (χ3n) is 3.41. The summed E-state index contributed by atoms with van der Waals surface area (Å²) >= 11 is 0. The molecule has 0 aromatic heterocycles. The molecule has 4 nitrogen and oxygen atoms in total. The number of nitriles is 1. The minimum Gasteiger partial charge on any atom is -0.325 e. The number of carbonyl (C=O) groups excluding carboxylic acids is 1. The third kappa shape index (κ3) is 3.80. The molecule has 1 aliphatic heterocycles. The molecule has 100 valence electrons. The Hall–Kier alpha value is -1.86. The number of hydrogen-bond acceptors (Lipinski definition) is 3. The Bertz CT molecular complexity index is 492. The van der Waals surface area contributed by atoms with Gasteiger partial charge in [-0.2, -0.15) is 5.26 Å². The number of likely N-dealkylation sites (tertiary alicyclic amines) is 1. The van der Waals surface area contributed by atoms with Crippen molar-refractivity contribution in [2.75, 3.05) is 18.4 Å². The van der Waals surface area contributed by atoms with Crippen LogP contribution in [0, 0.1) is 18.3 Å². The zero-order chi connectivity index (χ0) is 13.7. The molecule has 19 heavy (non-hydrogen) atoms. The molecule has 1 atom stereocenters. The average Bonchev–Trinajstić information content (AvgIpc) is 2.39. The van der Waals surface area contributed by atoms with Crippen LogP contribution in [-0.2, 0) is 4.79 Å². The largest absolute Gasteiger partial charge is 0.325 e. The predicted octanol–water partition coefficient (Wildman–Crippen LogP) is 2.31. The summed E-state index contributed by atoms with van der Waals surface area (Å²) in [5.74, 6) is -0.0484. The highest BCUT2D eigenvalue weighted by molar-refractivity contribution is 5.92. The summed E-state index contributed by atoms with van der Waals surface area (Å²) in [5, 5.41) is 12.0. The van der Waals surface area contributed by atoms with E-state index in [0.29, 0.717) is 6.54 Å². The van der Waals surface area contributed by atoms with Crippen molar-refractivity contribution in [1.29, 1.82) is 5.26 Å². The minimum absolute atomic E-state index is 0.0484. The molecular formula is C15H19N3O. The number of amides is 1. The second-order valence-corrected chi connectivity index (χ2v) is 5.03. The Kier molecular flexibility index (Phi) is 4.53. The van der Waals surface area contributed by atoms with E-state index in [0.717, 1.165) is 37.1 Å². The summed E-state index contributed by atoms with van der Waals surface area (Å²) in [6.07, 6.45) is 3.01. The van der Waals surface area contributed by atoms with E-state index in [9.17, 15) is 4.79 Å². The Labute approximate surface area is 114 Å². The lowest BCUT2D eigenvalue weighted by Crippen LogP contribution is -2.43. The molecule has 0 spiro atoms. The molecule has 4 heteroatoms. The number of aryl methyl sites for hydroxylation is 1. The second-order valence-electron chi connectivity index (χ2n) is 5.03. The number of nitrogens with zero attached hydrogens (tertiary/aromatic N) is 2. The molecule has 1 saturated heterocycles. The van der Waals surface area contributed by atoms with Gasteiger partial charge in [-0.1, -0.05) is 12.1 Å². The molecule has 0 radical (unpaired) electrons. The highest BCUT2D eigenvalue weighted by atomic mass is 16.2. The van der Waals surface area contributed by atoms with Gasteiger partial charge < -0.3 is 5.32 Å². The van der Waals surface area contributed by atoms with Gasteiger partial charge in [0, 0.05) is 5.69 Å². The first kappa shape index (κ1) is 13.6. The summed E-state index contributed by atoms with van der Waals surface area (Å²) in [7, 11) is 0. The summed E-state index contributed by atoms with van der Waals surface area (Å²) in [5.41, 5.74) is 1.93. The Morgan fingerprint density at radius 3 is 3.11 bits per heavy atom. The monoisotopic (exact) mass is 257 g/mol. The number of anilines is 1. The number of piperidine rings is 1. The SMILES string of the molecule is Cc1cccc(NC(=O)CN2CCCCC2C#N)c1. The van der Waals surface area contributed by atoms with E-state index in [4.69, 9.17) is 5.26 Å². The van der Waals surface area contributed by atoms with Crippen LogP contribution in [0.2, 0.25) is 0 Å². The topological polar surface area (TPSA) is 56.1 Å². The molecule has 1 amide bonds. The normalized spacial score (nSPS) is 19.7. The Morgan fingerprint density at radius 2 is 2.37 bits per heavy atom. The lowest BCUT2D eigenvalue weighted by molar-refractivity contribution is -0.117. The zero-order valence-electron chi connectivity index (χ0n) is 11.2. The van der Waals surface area contributed by atoms with Crippen LogP contribution < -0.4 is 5.32 Å². The standard InChI is InChI=1S/C15H19N3O/c1-12-5-4-6-13(9-12)17-15(19)11-18-8-3-2-7-14(18)10-16/h4-6,9,14H,2-3,7-8,11H2,1H3,(H,17,19). The van der Waals surface area contributed by atoms with Crippen molar-refractivity contribution in [2.45, 2.75) is 32.2 Å². The van der Waals surface area contributed by atoms with E-state index >= 15 is 0 Å². The molecule has 1 fully saturated rings. The van der Waals surface area contributed by atoms with Crippen LogP contribution >= 0.6 is 0 Å². The lowest BCUT2D eigenvalue weighted by atomic mass is 10.0. The first-order valence-electron chi connectivity index (χ1n) is 6.69. The molecule has 2 rings (SSSR count). The van der Waals surface area contributed by atoms with Crippen LogP contribution in [0.15, 0.2) is 24.3 Å². The fourth-order valence-corrected chi connectivity index (χ4v) is 2.43.